The Bertz CT molecular complexity index is 873. The number of H-pyrrole nitrogens is 1. The molecule has 21 heavy (non-hydrogen) atoms. The number of aromatic nitrogens is 2. The molecule has 1 aromatic heterocycles. The number of nitrogens with one attached hydrogen (secondary N) is 2. The van der Waals surface area contributed by atoms with Gasteiger partial charge in [-0.3, -0.25) is 9.82 Å². The Hall–Kier alpha value is -1.86. The van der Waals surface area contributed by atoms with Crippen molar-refractivity contribution in [2.45, 2.75) is 10.2 Å². The van der Waals surface area contributed by atoms with Gasteiger partial charge in [0.15, 0.2) is 0 Å². The Morgan fingerprint density at radius 2 is 1.90 bits per heavy atom. The molecule has 0 fully saturated rings. The molecule has 0 spiro atoms. The summed E-state index contributed by atoms with van der Waals surface area (Å²) in [6.07, 6.45) is 1.60. The van der Waals surface area contributed by atoms with Crippen LogP contribution in [0.2, 0.25) is 0 Å². The molecule has 0 aliphatic carbocycles. The van der Waals surface area contributed by atoms with Gasteiger partial charge < -0.3 is 0 Å². The summed E-state index contributed by atoms with van der Waals surface area (Å²) in [4.78, 5) is 0.229. The van der Waals surface area contributed by atoms with Gasteiger partial charge in [0.1, 0.15) is 0 Å². The Balaban J connectivity index is 1.97. The standard InChI is InChI=1S/C14H12BrN3O2S/c15-8-10-4-6-11(7-5-10)21(19,20)18-14-3-1-2-13-12(14)9-16-17-13/h1-7,9,18H,8H2,(H,16,17). The van der Waals surface area contributed by atoms with E-state index in [0.29, 0.717) is 11.0 Å². The van der Waals surface area contributed by atoms with E-state index in [1.54, 1.807) is 42.6 Å². The molecule has 108 valence electrons. The van der Waals surface area contributed by atoms with Gasteiger partial charge in [-0.05, 0) is 29.8 Å². The number of hydrogen-bond acceptors (Lipinski definition) is 3. The zero-order valence-electron chi connectivity index (χ0n) is 10.9. The number of anilines is 1. The highest BCUT2D eigenvalue weighted by molar-refractivity contribution is 9.08. The summed E-state index contributed by atoms with van der Waals surface area (Å²) >= 11 is 3.33. The zero-order chi connectivity index (χ0) is 14.9. The van der Waals surface area contributed by atoms with Crippen molar-refractivity contribution in [3.8, 4) is 0 Å². The van der Waals surface area contributed by atoms with Crippen LogP contribution in [0.4, 0.5) is 5.69 Å². The van der Waals surface area contributed by atoms with E-state index in [0.717, 1.165) is 16.5 Å². The van der Waals surface area contributed by atoms with Gasteiger partial charge in [0.05, 0.1) is 22.3 Å². The Labute approximate surface area is 130 Å². The Morgan fingerprint density at radius 3 is 2.62 bits per heavy atom. The number of sulfonamides is 1. The highest BCUT2D eigenvalue weighted by Crippen LogP contribution is 2.24. The largest absolute Gasteiger partial charge is 0.279 e. The third-order valence-corrected chi connectivity index (χ3v) is 5.15. The topological polar surface area (TPSA) is 74.8 Å². The third kappa shape index (κ3) is 2.79. The van der Waals surface area contributed by atoms with Gasteiger partial charge >= 0.3 is 0 Å². The van der Waals surface area contributed by atoms with Crippen LogP contribution in [-0.4, -0.2) is 18.6 Å². The molecule has 0 bridgehead atoms. The van der Waals surface area contributed by atoms with Crippen molar-refractivity contribution in [1.29, 1.82) is 0 Å². The predicted molar refractivity (Wildman–Crippen MR) is 86.0 cm³/mol. The molecule has 0 unspecified atom stereocenters. The molecule has 3 aromatic rings. The smallest absolute Gasteiger partial charge is 0.261 e. The molecule has 2 N–H and O–H groups in total. The minimum atomic E-state index is -3.61. The molecule has 0 aliphatic heterocycles. The number of nitrogens with zero attached hydrogens (tertiary/aromatic N) is 1. The van der Waals surface area contributed by atoms with E-state index in [4.69, 9.17) is 0 Å². The lowest BCUT2D eigenvalue weighted by molar-refractivity contribution is 0.601. The van der Waals surface area contributed by atoms with Crippen molar-refractivity contribution in [3.63, 3.8) is 0 Å². The van der Waals surface area contributed by atoms with Crippen LogP contribution in [0.15, 0.2) is 53.6 Å². The maximum Gasteiger partial charge on any atom is 0.261 e. The first-order valence-corrected chi connectivity index (χ1v) is 8.80. The molecule has 0 saturated carbocycles. The molecule has 0 atom stereocenters. The first-order valence-electron chi connectivity index (χ1n) is 6.20. The van der Waals surface area contributed by atoms with Gasteiger partial charge in [-0.15, -0.1) is 0 Å². The summed E-state index contributed by atoms with van der Waals surface area (Å²) in [5.41, 5.74) is 2.31. The van der Waals surface area contributed by atoms with E-state index in [-0.39, 0.29) is 4.90 Å². The van der Waals surface area contributed by atoms with Crippen LogP contribution >= 0.6 is 15.9 Å². The summed E-state index contributed by atoms with van der Waals surface area (Å²) in [7, 11) is -3.61. The third-order valence-electron chi connectivity index (χ3n) is 3.12. The second kappa shape index (κ2) is 5.50. The van der Waals surface area contributed by atoms with Gasteiger partial charge in [0, 0.05) is 10.7 Å². The lowest BCUT2D eigenvalue weighted by atomic mass is 10.2. The highest BCUT2D eigenvalue weighted by Gasteiger charge is 2.15. The van der Waals surface area contributed by atoms with Crippen LogP contribution in [0.1, 0.15) is 5.56 Å². The first kappa shape index (κ1) is 14.1. The molecular weight excluding hydrogens is 354 g/mol. The van der Waals surface area contributed by atoms with Crippen molar-refractivity contribution in [2.24, 2.45) is 0 Å². The van der Waals surface area contributed by atoms with Gasteiger partial charge in [0.2, 0.25) is 0 Å². The molecule has 3 rings (SSSR count). The van der Waals surface area contributed by atoms with E-state index in [2.05, 4.69) is 30.8 Å². The Kier molecular flexibility index (Phi) is 3.69. The predicted octanol–water partition coefficient (Wildman–Crippen LogP) is 3.26. The normalized spacial score (nSPS) is 11.7. The van der Waals surface area contributed by atoms with Gasteiger partial charge in [0.25, 0.3) is 10.0 Å². The second-order valence-electron chi connectivity index (χ2n) is 4.52. The van der Waals surface area contributed by atoms with Crippen LogP contribution in [-0.2, 0) is 15.4 Å². The number of hydrogen-bond donors (Lipinski definition) is 2. The quantitative estimate of drug-likeness (QED) is 0.696. The number of benzene rings is 2. The Morgan fingerprint density at radius 1 is 1.14 bits per heavy atom. The molecule has 0 amide bonds. The van der Waals surface area contributed by atoms with E-state index in [1.807, 2.05) is 6.07 Å². The van der Waals surface area contributed by atoms with Crippen LogP contribution in [0.25, 0.3) is 10.9 Å². The van der Waals surface area contributed by atoms with Crippen molar-refractivity contribution in [1.82, 2.24) is 10.2 Å². The van der Waals surface area contributed by atoms with Crippen LogP contribution in [0.5, 0.6) is 0 Å². The maximum absolute atomic E-state index is 12.4. The van der Waals surface area contributed by atoms with Crippen molar-refractivity contribution < 1.29 is 8.42 Å². The molecule has 0 radical (unpaired) electrons. The lowest BCUT2D eigenvalue weighted by Crippen LogP contribution is -2.13. The van der Waals surface area contributed by atoms with Crippen molar-refractivity contribution in [2.75, 3.05) is 4.72 Å². The summed E-state index contributed by atoms with van der Waals surface area (Å²) < 4.78 is 27.4. The number of alkyl halides is 1. The molecule has 0 saturated heterocycles. The van der Waals surface area contributed by atoms with Gasteiger partial charge in [-0.1, -0.05) is 34.1 Å². The van der Waals surface area contributed by atoms with E-state index in [9.17, 15) is 8.42 Å². The molecule has 5 nitrogen and oxygen atoms in total. The summed E-state index contributed by atoms with van der Waals surface area (Å²) in [6, 6.07) is 12.1. The summed E-state index contributed by atoms with van der Waals surface area (Å²) in [5.74, 6) is 0. The van der Waals surface area contributed by atoms with E-state index in [1.165, 1.54) is 0 Å². The SMILES string of the molecule is O=S(=O)(Nc1cccc2[nH]ncc12)c1ccc(CBr)cc1. The maximum atomic E-state index is 12.4. The fourth-order valence-corrected chi connectivity index (χ4v) is 3.47. The van der Waals surface area contributed by atoms with Crippen LogP contribution in [0, 0.1) is 0 Å². The van der Waals surface area contributed by atoms with Crippen LogP contribution < -0.4 is 4.72 Å². The highest BCUT2D eigenvalue weighted by atomic mass is 79.9. The number of rotatable bonds is 4. The minimum absolute atomic E-state index is 0.229. The molecular formula is C14H12BrN3O2S. The molecule has 2 aromatic carbocycles. The van der Waals surface area contributed by atoms with E-state index >= 15 is 0 Å². The van der Waals surface area contributed by atoms with Gasteiger partial charge in [-0.25, -0.2) is 8.42 Å². The van der Waals surface area contributed by atoms with Crippen molar-refractivity contribution >= 4 is 42.5 Å². The fraction of sp³-hybridized carbons (Fsp3) is 0.0714. The number of fused-ring (bicyclic) bond motifs is 1. The molecule has 0 aliphatic rings. The summed E-state index contributed by atoms with van der Waals surface area (Å²) in [5, 5.41) is 8.16. The minimum Gasteiger partial charge on any atom is -0.279 e. The molecule has 1 heterocycles. The number of halogens is 1. The average Bonchev–Trinajstić information content (AvgIpc) is 2.97. The first-order chi connectivity index (χ1) is 10.1. The average molecular weight is 366 g/mol. The molecule has 7 heteroatoms. The van der Waals surface area contributed by atoms with Crippen molar-refractivity contribution in [3.05, 3.63) is 54.2 Å². The van der Waals surface area contributed by atoms with E-state index < -0.39 is 10.0 Å². The fourth-order valence-electron chi connectivity index (χ4n) is 2.02. The zero-order valence-corrected chi connectivity index (χ0v) is 13.3. The monoisotopic (exact) mass is 365 g/mol. The lowest BCUT2D eigenvalue weighted by Gasteiger charge is -2.09. The number of aromatic amines is 1. The second-order valence-corrected chi connectivity index (χ2v) is 6.76. The van der Waals surface area contributed by atoms with Crippen LogP contribution in [0.3, 0.4) is 0 Å². The van der Waals surface area contributed by atoms with Gasteiger partial charge in [-0.2, -0.15) is 5.10 Å². The summed E-state index contributed by atoms with van der Waals surface area (Å²) in [6.45, 7) is 0.